The van der Waals surface area contributed by atoms with Gasteiger partial charge in [0, 0.05) is 18.8 Å². The predicted molar refractivity (Wildman–Crippen MR) is 69.0 cm³/mol. The fourth-order valence-electron chi connectivity index (χ4n) is 2.61. The fourth-order valence-corrected chi connectivity index (χ4v) is 2.61. The standard InChI is InChI=1S/C13H16F3N3O3/c1-8-5-9(2)19(17-8)6-10(20)18-4-3-12(7-18,11(21)22)13(14,15)16/h5H,3-4,6-7H2,1-2H3,(H,21,22)/t12-/m1/s1. The maximum absolute atomic E-state index is 13.1. The van der Waals surface area contributed by atoms with Gasteiger partial charge in [-0.05, 0) is 26.3 Å². The lowest BCUT2D eigenvalue weighted by Gasteiger charge is -2.27. The van der Waals surface area contributed by atoms with Gasteiger partial charge in [0.1, 0.15) is 6.54 Å². The minimum Gasteiger partial charge on any atom is -0.481 e. The Hall–Kier alpha value is -2.06. The summed E-state index contributed by atoms with van der Waals surface area (Å²) in [5, 5.41) is 13.0. The van der Waals surface area contributed by atoms with E-state index in [1.807, 2.05) is 0 Å². The Bertz CT molecular complexity index is 611. The number of amides is 1. The number of hydrogen-bond acceptors (Lipinski definition) is 3. The van der Waals surface area contributed by atoms with Crippen molar-refractivity contribution in [2.75, 3.05) is 13.1 Å². The summed E-state index contributed by atoms with van der Waals surface area (Å²) in [6.07, 6.45) is -5.53. The second-order valence-electron chi connectivity index (χ2n) is 5.54. The molecule has 0 unspecified atom stereocenters. The zero-order valence-corrected chi connectivity index (χ0v) is 12.1. The molecule has 122 valence electrons. The Morgan fingerprint density at radius 3 is 2.45 bits per heavy atom. The molecule has 2 rings (SSSR count). The van der Waals surface area contributed by atoms with Gasteiger partial charge in [0.2, 0.25) is 5.91 Å². The Balaban J connectivity index is 2.14. The van der Waals surface area contributed by atoms with Gasteiger partial charge in [0.25, 0.3) is 0 Å². The maximum atomic E-state index is 13.1. The van der Waals surface area contributed by atoms with E-state index in [-0.39, 0.29) is 13.1 Å². The molecule has 1 atom stereocenters. The van der Waals surface area contributed by atoms with Gasteiger partial charge in [0.15, 0.2) is 5.41 Å². The van der Waals surface area contributed by atoms with Crippen LogP contribution in [0.2, 0.25) is 0 Å². The van der Waals surface area contributed by atoms with Gasteiger partial charge in [-0.15, -0.1) is 0 Å². The van der Waals surface area contributed by atoms with Crippen molar-refractivity contribution in [3.8, 4) is 0 Å². The van der Waals surface area contributed by atoms with Crippen molar-refractivity contribution in [3.63, 3.8) is 0 Å². The molecule has 1 aliphatic heterocycles. The fraction of sp³-hybridized carbons (Fsp3) is 0.615. The van der Waals surface area contributed by atoms with Crippen molar-refractivity contribution in [3.05, 3.63) is 17.5 Å². The highest BCUT2D eigenvalue weighted by atomic mass is 19.4. The van der Waals surface area contributed by atoms with E-state index in [1.54, 1.807) is 19.9 Å². The number of rotatable bonds is 3. The number of likely N-dealkylation sites (tertiary alicyclic amines) is 1. The quantitative estimate of drug-likeness (QED) is 0.913. The highest BCUT2D eigenvalue weighted by Gasteiger charge is 2.64. The molecule has 9 heteroatoms. The average molecular weight is 319 g/mol. The van der Waals surface area contributed by atoms with Crippen LogP contribution < -0.4 is 0 Å². The number of hydrogen-bond donors (Lipinski definition) is 1. The van der Waals surface area contributed by atoms with Crippen molar-refractivity contribution in [2.24, 2.45) is 5.41 Å². The lowest BCUT2D eigenvalue weighted by molar-refractivity contribution is -0.227. The summed E-state index contributed by atoms with van der Waals surface area (Å²) in [4.78, 5) is 24.1. The minimum absolute atomic E-state index is 0.201. The molecule has 1 fully saturated rings. The second-order valence-corrected chi connectivity index (χ2v) is 5.54. The van der Waals surface area contributed by atoms with E-state index in [0.29, 0.717) is 11.4 Å². The van der Waals surface area contributed by atoms with Crippen molar-refractivity contribution in [1.82, 2.24) is 14.7 Å². The second kappa shape index (κ2) is 5.29. The molecule has 1 amide bonds. The van der Waals surface area contributed by atoms with Gasteiger partial charge in [-0.3, -0.25) is 14.3 Å². The lowest BCUT2D eigenvalue weighted by Crippen LogP contribution is -2.48. The van der Waals surface area contributed by atoms with Crippen molar-refractivity contribution >= 4 is 11.9 Å². The van der Waals surface area contributed by atoms with Gasteiger partial charge in [0.05, 0.1) is 5.69 Å². The molecule has 0 saturated carbocycles. The van der Waals surface area contributed by atoms with Crippen LogP contribution in [-0.2, 0) is 16.1 Å². The molecule has 1 aliphatic rings. The van der Waals surface area contributed by atoms with E-state index in [4.69, 9.17) is 5.11 Å². The topological polar surface area (TPSA) is 75.4 Å². The van der Waals surface area contributed by atoms with Gasteiger partial charge in [-0.2, -0.15) is 18.3 Å². The molecule has 1 saturated heterocycles. The number of halogens is 3. The van der Waals surface area contributed by atoms with Crippen LogP contribution in [0.5, 0.6) is 0 Å². The normalized spacial score (nSPS) is 22.1. The van der Waals surface area contributed by atoms with Crippen LogP contribution in [0.1, 0.15) is 17.8 Å². The van der Waals surface area contributed by atoms with Crippen LogP contribution in [0.4, 0.5) is 13.2 Å². The first-order chi connectivity index (χ1) is 10.1. The molecule has 0 aromatic carbocycles. The van der Waals surface area contributed by atoms with Crippen LogP contribution >= 0.6 is 0 Å². The zero-order chi connectivity index (χ0) is 16.7. The van der Waals surface area contributed by atoms with E-state index < -0.39 is 36.4 Å². The summed E-state index contributed by atoms with van der Waals surface area (Å²) in [7, 11) is 0. The molecule has 1 aromatic heterocycles. The summed E-state index contributed by atoms with van der Waals surface area (Å²) >= 11 is 0. The average Bonchev–Trinajstić information content (AvgIpc) is 2.94. The third kappa shape index (κ3) is 2.67. The van der Waals surface area contributed by atoms with Crippen LogP contribution in [0, 0.1) is 19.3 Å². The summed E-state index contributed by atoms with van der Waals surface area (Å²) in [6, 6.07) is 1.74. The molecule has 22 heavy (non-hydrogen) atoms. The Morgan fingerprint density at radius 2 is 2.05 bits per heavy atom. The number of carboxylic acid groups (broad SMARTS) is 1. The van der Waals surface area contributed by atoms with Gasteiger partial charge in [-0.25, -0.2) is 0 Å². The highest BCUT2D eigenvalue weighted by molar-refractivity contribution is 5.81. The van der Waals surface area contributed by atoms with E-state index in [0.717, 1.165) is 4.90 Å². The van der Waals surface area contributed by atoms with Crippen molar-refractivity contribution in [2.45, 2.75) is 33.0 Å². The monoisotopic (exact) mass is 319 g/mol. The SMILES string of the molecule is Cc1cc(C)n(CC(=O)N2CC[C@@](C(=O)O)(C(F)(F)F)C2)n1. The molecule has 2 heterocycles. The molecule has 1 N–H and O–H groups in total. The summed E-state index contributed by atoms with van der Waals surface area (Å²) in [6.45, 7) is 2.18. The zero-order valence-electron chi connectivity index (χ0n) is 12.1. The van der Waals surface area contributed by atoms with Gasteiger partial charge in [-0.1, -0.05) is 0 Å². The maximum Gasteiger partial charge on any atom is 0.406 e. The van der Waals surface area contributed by atoms with E-state index in [2.05, 4.69) is 5.10 Å². The number of aryl methyl sites for hydroxylation is 2. The summed E-state index contributed by atoms with van der Waals surface area (Å²) in [5.41, 5.74) is -1.47. The van der Waals surface area contributed by atoms with Crippen LogP contribution in [0.3, 0.4) is 0 Å². The first-order valence-corrected chi connectivity index (χ1v) is 6.66. The van der Waals surface area contributed by atoms with Crippen LogP contribution in [0.15, 0.2) is 6.07 Å². The number of carbonyl (C=O) groups excluding carboxylic acids is 1. The molecule has 0 spiro atoms. The van der Waals surface area contributed by atoms with Crippen molar-refractivity contribution < 1.29 is 27.9 Å². The molecule has 0 bridgehead atoms. The number of alkyl halides is 3. The molecular weight excluding hydrogens is 303 g/mol. The van der Waals surface area contributed by atoms with Crippen LogP contribution in [-0.4, -0.2) is 50.9 Å². The third-order valence-corrected chi connectivity index (χ3v) is 3.96. The Morgan fingerprint density at radius 1 is 1.41 bits per heavy atom. The van der Waals surface area contributed by atoms with E-state index in [1.165, 1.54) is 4.68 Å². The van der Waals surface area contributed by atoms with Gasteiger partial charge < -0.3 is 10.0 Å². The largest absolute Gasteiger partial charge is 0.481 e. The summed E-state index contributed by atoms with van der Waals surface area (Å²) < 4.78 is 40.6. The van der Waals surface area contributed by atoms with Gasteiger partial charge >= 0.3 is 12.1 Å². The molecule has 1 aromatic rings. The Kier molecular flexibility index (Phi) is 3.92. The highest BCUT2D eigenvalue weighted by Crippen LogP contribution is 2.45. The first kappa shape index (κ1) is 16.3. The first-order valence-electron chi connectivity index (χ1n) is 6.66. The molecular formula is C13H16F3N3O3. The predicted octanol–water partition coefficient (Wildman–Crippen LogP) is 1.37. The molecule has 6 nitrogen and oxygen atoms in total. The van der Waals surface area contributed by atoms with E-state index >= 15 is 0 Å². The lowest BCUT2D eigenvalue weighted by atomic mass is 9.86. The van der Waals surface area contributed by atoms with Crippen LogP contribution in [0.25, 0.3) is 0 Å². The van der Waals surface area contributed by atoms with E-state index in [9.17, 15) is 22.8 Å². The number of aromatic nitrogens is 2. The third-order valence-electron chi connectivity index (χ3n) is 3.96. The number of nitrogens with zero attached hydrogens (tertiary/aromatic N) is 3. The summed E-state index contributed by atoms with van der Waals surface area (Å²) in [5.74, 6) is -2.51. The minimum atomic E-state index is -4.90. The number of aliphatic carboxylic acids is 1. The smallest absolute Gasteiger partial charge is 0.406 e. The number of carboxylic acids is 1. The van der Waals surface area contributed by atoms with Crippen molar-refractivity contribution in [1.29, 1.82) is 0 Å². The molecule has 0 radical (unpaired) electrons. The molecule has 0 aliphatic carbocycles. The Labute approximate surface area is 124 Å². The number of carbonyl (C=O) groups is 2.